The zero-order valence-corrected chi connectivity index (χ0v) is 17.0. The Hall–Kier alpha value is -2.51. The van der Waals surface area contributed by atoms with Gasteiger partial charge in [0.05, 0.1) is 18.4 Å². The van der Waals surface area contributed by atoms with E-state index in [9.17, 15) is 0 Å². The van der Waals surface area contributed by atoms with E-state index >= 15 is 0 Å². The van der Waals surface area contributed by atoms with Gasteiger partial charge in [-0.05, 0) is 43.0 Å². The highest BCUT2D eigenvalue weighted by atomic mass is 32.2. The number of ether oxygens (including phenoxy) is 1. The lowest BCUT2D eigenvalue weighted by Gasteiger charge is -2.27. The lowest BCUT2D eigenvalue weighted by atomic mass is 10.1. The van der Waals surface area contributed by atoms with Gasteiger partial charge in [0.2, 0.25) is 5.88 Å². The molecule has 0 amide bonds. The molecule has 0 spiro atoms. The van der Waals surface area contributed by atoms with Crippen molar-refractivity contribution in [3.05, 3.63) is 54.5 Å². The lowest BCUT2D eigenvalue weighted by molar-refractivity contribution is 0.194. The van der Waals surface area contributed by atoms with Crippen LogP contribution < -0.4 is 15.4 Å². The number of anilines is 1. The first kappa shape index (κ1) is 18.8. The summed E-state index contributed by atoms with van der Waals surface area (Å²) >= 11 is 1.77. The van der Waals surface area contributed by atoms with Gasteiger partial charge in [0.1, 0.15) is 6.10 Å². The number of nitrogens with zero attached hydrogens (tertiary/aromatic N) is 3. The van der Waals surface area contributed by atoms with Crippen molar-refractivity contribution >= 4 is 17.4 Å². The van der Waals surface area contributed by atoms with E-state index in [1.807, 2.05) is 25.6 Å². The summed E-state index contributed by atoms with van der Waals surface area (Å²) in [6.07, 6.45) is 8.84. The maximum absolute atomic E-state index is 6.05. The molecule has 1 unspecified atom stereocenters. The molecule has 28 heavy (non-hydrogen) atoms. The summed E-state index contributed by atoms with van der Waals surface area (Å²) in [6, 6.07) is 10.8. The van der Waals surface area contributed by atoms with Gasteiger partial charge >= 0.3 is 0 Å². The topological polar surface area (TPSA) is 64.0 Å². The van der Waals surface area contributed by atoms with Gasteiger partial charge in [-0.25, -0.2) is 4.98 Å². The maximum atomic E-state index is 6.05. The molecule has 0 fully saturated rings. The van der Waals surface area contributed by atoms with Crippen LogP contribution in [0.5, 0.6) is 5.88 Å². The Balaban J connectivity index is 1.27. The Morgan fingerprint density at radius 1 is 1.25 bits per heavy atom. The number of rotatable bonds is 7. The number of aromatic nitrogens is 3. The van der Waals surface area contributed by atoms with Crippen molar-refractivity contribution in [3.8, 4) is 17.0 Å². The second-order valence-corrected chi connectivity index (χ2v) is 7.78. The van der Waals surface area contributed by atoms with E-state index in [0.29, 0.717) is 5.88 Å². The van der Waals surface area contributed by atoms with Crippen LogP contribution in [0.2, 0.25) is 0 Å². The molecule has 3 aromatic rings. The smallest absolute Gasteiger partial charge is 0.237 e. The van der Waals surface area contributed by atoms with Gasteiger partial charge in [0.15, 0.2) is 0 Å². The molecule has 6 nitrogen and oxygen atoms in total. The van der Waals surface area contributed by atoms with Gasteiger partial charge < -0.3 is 15.4 Å². The van der Waals surface area contributed by atoms with Gasteiger partial charge in [-0.3, -0.25) is 4.68 Å². The van der Waals surface area contributed by atoms with Crippen molar-refractivity contribution in [1.82, 2.24) is 20.1 Å². The Morgan fingerprint density at radius 3 is 2.86 bits per heavy atom. The molecule has 0 radical (unpaired) electrons. The fourth-order valence-corrected chi connectivity index (χ4v) is 3.63. The summed E-state index contributed by atoms with van der Waals surface area (Å²) in [5.41, 5.74) is 4.37. The van der Waals surface area contributed by atoms with Crippen molar-refractivity contribution in [2.45, 2.75) is 17.4 Å². The molecule has 1 aliphatic rings. The van der Waals surface area contributed by atoms with E-state index < -0.39 is 0 Å². The third kappa shape index (κ3) is 4.48. The average molecular weight is 396 g/mol. The van der Waals surface area contributed by atoms with E-state index in [-0.39, 0.29) is 6.10 Å². The monoisotopic (exact) mass is 395 g/mol. The normalized spacial score (nSPS) is 15.6. The van der Waals surface area contributed by atoms with Crippen LogP contribution in [-0.4, -0.2) is 46.8 Å². The lowest BCUT2D eigenvalue weighted by Crippen LogP contribution is -2.40. The van der Waals surface area contributed by atoms with E-state index in [1.165, 1.54) is 10.5 Å². The van der Waals surface area contributed by atoms with Crippen LogP contribution in [0.4, 0.5) is 5.69 Å². The second kappa shape index (κ2) is 8.67. The number of pyridine rings is 1. The highest BCUT2D eigenvalue weighted by Crippen LogP contribution is 2.30. The van der Waals surface area contributed by atoms with E-state index in [2.05, 4.69) is 57.3 Å². The molecule has 0 saturated carbocycles. The zero-order valence-electron chi connectivity index (χ0n) is 16.2. The molecule has 2 aromatic heterocycles. The summed E-state index contributed by atoms with van der Waals surface area (Å²) in [7, 11) is 1.91. The summed E-state index contributed by atoms with van der Waals surface area (Å²) in [5, 5.41) is 11.2. The number of hydrogen-bond donors (Lipinski definition) is 2. The third-order valence-electron chi connectivity index (χ3n) is 4.81. The number of hydrogen-bond acceptors (Lipinski definition) is 6. The molecule has 0 saturated heterocycles. The van der Waals surface area contributed by atoms with Crippen molar-refractivity contribution in [1.29, 1.82) is 0 Å². The van der Waals surface area contributed by atoms with E-state index in [0.717, 1.165) is 42.9 Å². The van der Waals surface area contributed by atoms with Crippen molar-refractivity contribution in [2.24, 2.45) is 7.05 Å². The standard InChI is InChI=1S/C21H25N5OS/c1-26-14-17(11-25-26)16-9-20-21(24-10-16)27-18(13-23-20)12-22-8-7-15-3-5-19(28-2)6-4-15/h3-6,9-11,14,18,22-23H,7-8,12-13H2,1-2H3. The summed E-state index contributed by atoms with van der Waals surface area (Å²) in [5.74, 6) is 0.665. The van der Waals surface area contributed by atoms with Crippen LogP contribution in [0, 0.1) is 0 Å². The van der Waals surface area contributed by atoms with Crippen molar-refractivity contribution in [3.63, 3.8) is 0 Å². The van der Waals surface area contributed by atoms with Crippen LogP contribution in [0.25, 0.3) is 11.1 Å². The van der Waals surface area contributed by atoms with Crippen molar-refractivity contribution in [2.75, 3.05) is 31.2 Å². The summed E-state index contributed by atoms with van der Waals surface area (Å²) in [6.45, 7) is 2.49. The summed E-state index contributed by atoms with van der Waals surface area (Å²) < 4.78 is 7.84. The molecule has 146 valence electrons. The molecule has 3 heterocycles. The fourth-order valence-electron chi connectivity index (χ4n) is 3.23. The molecule has 7 heteroatoms. The van der Waals surface area contributed by atoms with Gasteiger partial charge in [-0.1, -0.05) is 12.1 Å². The third-order valence-corrected chi connectivity index (χ3v) is 5.55. The molecule has 4 rings (SSSR count). The average Bonchev–Trinajstić information content (AvgIpc) is 3.17. The molecule has 1 atom stereocenters. The van der Waals surface area contributed by atoms with Crippen LogP contribution in [-0.2, 0) is 13.5 Å². The number of thioether (sulfide) groups is 1. The van der Waals surface area contributed by atoms with Gasteiger partial charge in [-0.2, -0.15) is 5.10 Å². The van der Waals surface area contributed by atoms with E-state index in [1.54, 1.807) is 16.4 Å². The summed E-state index contributed by atoms with van der Waals surface area (Å²) in [4.78, 5) is 5.80. The quantitative estimate of drug-likeness (QED) is 0.473. The Kier molecular flexibility index (Phi) is 5.83. The molecular formula is C21H25N5OS. The predicted octanol–water partition coefficient (Wildman–Crippen LogP) is 3.21. The van der Waals surface area contributed by atoms with Crippen LogP contribution in [0.15, 0.2) is 53.8 Å². The minimum absolute atomic E-state index is 0.0723. The molecule has 0 aliphatic carbocycles. The van der Waals surface area contributed by atoms with Gasteiger partial charge in [-0.15, -0.1) is 11.8 Å². The SMILES string of the molecule is CSc1ccc(CCNCC2CNc3cc(-c4cnn(C)c4)cnc3O2)cc1. The fraction of sp³-hybridized carbons (Fsp3) is 0.333. The molecular weight excluding hydrogens is 370 g/mol. The Morgan fingerprint density at radius 2 is 2.11 bits per heavy atom. The number of fused-ring (bicyclic) bond motifs is 1. The number of benzene rings is 1. The predicted molar refractivity (Wildman–Crippen MR) is 114 cm³/mol. The minimum Gasteiger partial charge on any atom is -0.470 e. The van der Waals surface area contributed by atoms with Gasteiger partial charge in [0, 0.05) is 42.0 Å². The first-order valence-corrected chi connectivity index (χ1v) is 10.7. The van der Waals surface area contributed by atoms with Gasteiger partial charge in [0.25, 0.3) is 0 Å². The zero-order chi connectivity index (χ0) is 19.3. The molecule has 1 aliphatic heterocycles. The highest BCUT2D eigenvalue weighted by molar-refractivity contribution is 7.98. The second-order valence-electron chi connectivity index (χ2n) is 6.90. The number of aryl methyl sites for hydroxylation is 1. The van der Waals surface area contributed by atoms with Crippen LogP contribution in [0.3, 0.4) is 0 Å². The first-order valence-electron chi connectivity index (χ1n) is 9.44. The first-order chi connectivity index (χ1) is 13.7. The molecule has 1 aromatic carbocycles. The van der Waals surface area contributed by atoms with Crippen LogP contribution >= 0.6 is 11.8 Å². The van der Waals surface area contributed by atoms with Crippen LogP contribution in [0.1, 0.15) is 5.56 Å². The largest absolute Gasteiger partial charge is 0.470 e. The van der Waals surface area contributed by atoms with E-state index in [4.69, 9.17) is 4.74 Å². The van der Waals surface area contributed by atoms with Crippen molar-refractivity contribution < 1.29 is 4.74 Å². The minimum atomic E-state index is 0.0723. The Bertz CT molecular complexity index is 925. The number of nitrogens with one attached hydrogen (secondary N) is 2. The maximum Gasteiger partial charge on any atom is 0.237 e. The molecule has 0 bridgehead atoms. The Labute approximate surface area is 169 Å². The highest BCUT2D eigenvalue weighted by Gasteiger charge is 2.20. The molecule has 2 N–H and O–H groups in total.